The van der Waals surface area contributed by atoms with Crippen LogP contribution in [0.25, 0.3) is 0 Å². The fraction of sp³-hybridized carbons (Fsp3) is 0.923. The van der Waals surface area contributed by atoms with Crippen molar-refractivity contribution in [3.8, 4) is 0 Å². The molecular weight excluding hydrogens is 216 g/mol. The van der Waals surface area contributed by atoms with Gasteiger partial charge in [-0.2, -0.15) is 0 Å². The predicted octanol–water partition coefficient (Wildman–Crippen LogP) is 0.994. The molecule has 2 N–H and O–H groups in total. The molecule has 1 rings (SSSR count). The van der Waals surface area contributed by atoms with Crippen molar-refractivity contribution in [3.05, 3.63) is 0 Å². The van der Waals surface area contributed by atoms with E-state index in [4.69, 9.17) is 0 Å². The lowest BCUT2D eigenvalue weighted by molar-refractivity contribution is -0.132. The van der Waals surface area contributed by atoms with Gasteiger partial charge in [0, 0.05) is 6.54 Å². The van der Waals surface area contributed by atoms with Crippen LogP contribution in [0, 0.1) is 5.92 Å². The van der Waals surface area contributed by atoms with Gasteiger partial charge in [0.2, 0.25) is 5.91 Å². The fourth-order valence-corrected chi connectivity index (χ4v) is 1.99. The van der Waals surface area contributed by atoms with Gasteiger partial charge in [0.05, 0.1) is 5.54 Å². The second-order valence-corrected chi connectivity index (χ2v) is 5.42. The number of aliphatic hydroxyl groups is 1. The van der Waals surface area contributed by atoms with E-state index in [-0.39, 0.29) is 17.4 Å². The first-order valence-corrected chi connectivity index (χ1v) is 6.66. The van der Waals surface area contributed by atoms with Crippen LogP contribution in [0.1, 0.15) is 40.5 Å². The van der Waals surface area contributed by atoms with Crippen molar-refractivity contribution in [2.24, 2.45) is 5.92 Å². The Morgan fingerprint density at radius 3 is 2.24 bits per heavy atom. The van der Waals surface area contributed by atoms with Crippen LogP contribution in [0.3, 0.4) is 0 Å². The highest BCUT2D eigenvalue weighted by Crippen LogP contribution is 2.36. The van der Waals surface area contributed by atoms with E-state index < -0.39 is 6.10 Å². The summed E-state index contributed by atoms with van der Waals surface area (Å²) < 4.78 is 0. The van der Waals surface area contributed by atoms with Gasteiger partial charge in [-0.05, 0) is 31.8 Å². The molecule has 0 aliphatic heterocycles. The molecule has 1 amide bonds. The van der Waals surface area contributed by atoms with E-state index in [0.29, 0.717) is 0 Å². The van der Waals surface area contributed by atoms with Crippen LogP contribution in [0.4, 0.5) is 0 Å². The van der Waals surface area contributed by atoms with Crippen LogP contribution in [-0.4, -0.2) is 47.2 Å². The van der Waals surface area contributed by atoms with E-state index in [1.165, 1.54) is 0 Å². The smallest absolute Gasteiger partial charge is 0.249 e. The van der Waals surface area contributed by atoms with Crippen molar-refractivity contribution < 1.29 is 9.90 Å². The first-order chi connectivity index (χ1) is 7.94. The molecule has 0 spiro atoms. The van der Waals surface area contributed by atoms with Gasteiger partial charge in [-0.25, -0.2) is 0 Å². The van der Waals surface area contributed by atoms with Gasteiger partial charge in [-0.3, -0.25) is 4.79 Å². The number of nitrogens with zero attached hydrogens (tertiary/aromatic N) is 1. The predicted molar refractivity (Wildman–Crippen MR) is 68.7 cm³/mol. The lowest BCUT2D eigenvalue weighted by Crippen LogP contribution is -2.50. The van der Waals surface area contributed by atoms with Crippen molar-refractivity contribution in [3.63, 3.8) is 0 Å². The number of hydrogen-bond acceptors (Lipinski definition) is 3. The van der Waals surface area contributed by atoms with Crippen LogP contribution < -0.4 is 5.32 Å². The first-order valence-electron chi connectivity index (χ1n) is 6.66. The Bertz CT molecular complexity index is 258. The Morgan fingerprint density at radius 1 is 1.35 bits per heavy atom. The Balaban J connectivity index is 2.47. The third-order valence-electron chi connectivity index (χ3n) is 3.56. The van der Waals surface area contributed by atoms with E-state index >= 15 is 0 Å². The fourth-order valence-electron chi connectivity index (χ4n) is 1.99. The Labute approximate surface area is 104 Å². The van der Waals surface area contributed by atoms with Crippen molar-refractivity contribution in [2.75, 3.05) is 19.6 Å². The van der Waals surface area contributed by atoms with Crippen molar-refractivity contribution in [2.45, 2.75) is 52.2 Å². The van der Waals surface area contributed by atoms with E-state index in [0.717, 1.165) is 32.5 Å². The normalized spacial score (nSPS) is 19.5. The molecule has 0 heterocycles. The lowest BCUT2D eigenvalue weighted by atomic mass is 10.1. The molecule has 1 fully saturated rings. The summed E-state index contributed by atoms with van der Waals surface area (Å²) in [6, 6.07) is 0. The molecule has 0 radical (unpaired) electrons. The molecule has 1 aliphatic rings. The molecule has 0 aromatic rings. The number of likely N-dealkylation sites (N-methyl/N-ethyl adjacent to an activating group) is 1. The molecule has 0 saturated heterocycles. The maximum Gasteiger partial charge on any atom is 0.249 e. The van der Waals surface area contributed by atoms with Crippen LogP contribution in [0.15, 0.2) is 0 Å². The van der Waals surface area contributed by atoms with Gasteiger partial charge in [0.1, 0.15) is 6.10 Å². The Kier molecular flexibility index (Phi) is 4.95. The highest BCUT2D eigenvalue weighted by atomic mass is 16.3. The Morgan fingerprint density at radius 2 is 1.88 bits per heavy atom. The number of nitrogens with one attached hydrogen (secondary N) is 1. The Hall–Kier alpha value is -0.610. The summed E-state index contributed by atoms with van der Waals surface area (Å²) in [5.74, 6) is -0.246. The van der Waals surface area contributed by atoms with Crippen molar-refractivity contribution in [1.29, 1.82) is 0 Å². The van der Waals surface area contributed by atoms with Gasteiger partial charge >= 0.3 is 0 Å². The third kappa shape index (κ3) is 3.96. The molecule has 1 aliphatic carbocycles. The number of carbonyl (C=O) groups is 1. The zero-order chi connectivity index (χ0) is 13.1. The second-order valence-electron chi connectivity index (χ2n) is 5.42. The maximum absolute atomic E-state index is 11.8. The minimum absolute atomic E-state index is 0.0285. The molecular formula is C13H26N2O2. The third-order valence-corrected chi connectivity index (χ3v) is 3.56. The molecule has 17 heavy (non-hydrogen) atoms. The SMILES string of the molecule is CCN(CC)CC1(NC(=O)[C@@H](O)C(C)C)CC1. The maximum atomic E-state index is 11.8. The molecule has 0 unspecified atom stereocenters. The number of aliphatic hydroxyl groups excluding tert-OH is 1. The highest BCUT2D eigenvalue weighted by Gasteiger charge is 2.45. The summed E-state index contributed by atoms with van der Waals surface area (Å²) in [6.07, 6.45) is 1.17. The number of carbonyl (C=O) groups excluding carboxylic acids is 1. The van der Waals surface area contributed by atoms with Gasteiger partial charge in [-0.15, -0.1) is 0 Å². The van der Waals surface area contributed by atoms with Gasteiger partial charge < -0.3 is 15.3 Å². The summed E-state index contributed by atoms with van der Waals surface area (Å²) in [5, 5.41) is 12.7. The topological polar surface area (TPSA) is 52.6 Å². The monoisotopic (exact) mass is 242 g/mol. The molecule has 0 bridgehead atoms. The summed E-state index contributed by atoms with van der Waals surface area (Å²) >= 11 is 0. The highest BCUT2D eigenvalue weighted by molar-refractivity contribution is 5.81. The van der Waals surface area contributed by atoms with Gasteiger partial charge in [0.15, 0.2) is 0 Å². The molecule has 100 valence electrons. The summed E-state index contributed by atoms with van der Waals surface area (Å²) in [6.45, 7) is 10.9. The first kappa shape index (κ1) is 14.5. The minimum atomic E-state index is -0.885. The number of hydrogen-bond donors (Lipinski definition) is 2. The lowest BCUT2D eigenvalue weighted by Gasteiger charge is -2.27. The van der Waals surface area contributed by atoms with Crippen LogP contribution >= 0.6 is 0 Å². The van der Waals surface area contributed by atoms with E-state index in [1.807, 2.05) is 13.8 Å². The number of rotatable bonds is 7. The van der Waals surface area contributed by atoms with Crippen LogP contribution in [-0.2, 0) is 4.79 Å². The summed E-state index contributed by atoms with van der Waals surface area (Å²) in [7, 11) is 0. The second kappa shape index (κ2) is 5.83. The molecule has 4 heteroatoms. The largest absolute Gasteiger partial charge is 0.383 e. The molecule has 0 aromatic heterocycles. The molecule has 4 nitrogen and oxygen atoms in total. The van der Waals surface area contributed by atoms with Crippen molar-refractivity contribution in [1.82, 2.24) is 10.2 Å². The minimum Gasteiger partial charge on any atom is -0.383 e. The van der Waals surface area contributed by atoms with E-state index in [9.17, 15) is 9.90 Å². The van der Waals surface area contributed by atoms with E-state index in [2.05, 4.69) is 24.1 Å². The van der Waals surface area contributed by atoms with Crippen LogP contribution in [0.5, 0.6) is 0 Å². The summed E-state index contributed by atoms with van der Waals surface area (Å²) in [5.41, 5.74) is -0.0705. The average Bonchev–Trinajstić information content (AvgIpc) is 3.04. The zero-order valence-corrected chi connectivity index (χ0v) is 11.5. The summed E-state index contributed by atoms with van der Waals surface area (Å²) in [4.78, 5) is 14.1. The molecule has 1 atom stereocenters. The molecule has 1 saturated carbocycles. The zero-order valence-electron chi connectivity index (χ0n) is 11.5. The average molecular weight is 242 g/mol. The van der Waals surface area contributed by atoms with Crippen LogP contribution in [0.2, 0.25) is 0 Å². The van der Waals surface area contributed by atoms with Gasteiger partial charge in [-0.1, -0.05) is 27.7 Å². The molecule has 0 aromatic carbocycles. The van der Waals surface area contributed by atoms with Gasteiger partial charge in [0.25, 0.3) is 0 Å². The number of amides is 1. The van der Waals surface area contributed by atoms with Crippen molar-refractivity contribution >= 4 is 5.91 Å². The standard InChI is InChI=1S/C13H26N2O2/c1-5-15(6-2)9-13(7-8-13)14-12(17)11(16)10(3)4/h10-11,16H,5-9H2,1-4H3,(H,14,17)/t11-/m0/s1. The quantitative estimate of drug-likeness (QED) is 0.700. The van der Waals surface area contributed by atoms with E-state index in [1.54, 1.807) is 0 Å².